The summed E-state index contributed by atoms with van der Waals surface area (Å²) in [5, 5.41) is 3.72. The van der Waals surface area contributed by atoms with Crippen molar-refractivity contribution < 1.29 is 4.52 Å². The molecule has 0 unspecified atom stereocenters. The first-order chi connectivity index (χ1) is 7.29. The van der Waals surface area contributed by atoms with Crippen LogP contribution in [-0.4, -0.2) is 19.7 Å². The van der Waals surface area contributed by atoms with Gasteiger partial charge >= 0.3 is 0 Å². The standard InChI is InChI=1S/C9H13N5O/c1-7-12-9(15-13-7)2-3-14-6-11-5-8(14)4-10/h5-6H,2-4,10H2,1H3. The van der Waals surface area contributed by atoms with E-state index in [0.717, 1.165) is 12.2 Å². The fourth-order valence-electron chi connectivity index (χ4n) is 1.38. The topological polar surface area (TPSA) is 82.8 Å². The summed E-state index contributed by atoms with van der Waals surface area (Å²) in [6, 6.07) is 0. The fraction of sp³-hybridized carbons (Fsp3) is 0.444. The van der Waals surface area contributed by atoms with Gasteiger partial charge in [-0.05, 0) is 6.92 Å². The SMILES string of the molecule is Cc1noc(CCn2cncc2CN)n1. The van der Waals surface area contributed by atoms with Crippen LogP contribution in [0.25, 0.3) is 0 Å². The monoisotopic (exact) mass is 207 g/mol. The van der Waals surface area contributed by atoms with E-state index in [-0.39, 0.29) is 0 Å². The number of rotatable bonds is 4. The highest BCUT2D eigenvalue weighted by Crippen LogP contribution is 2.02. The molecule has 2 aromatic rings. The van der Waals surface area contributed by atoms with Gasteiger partial charge in [-0.2, -0.15) is 4.98 Å². The van der Waals surface area contributed by atoms with Gasteiger partial charge in [0.2, 0.25) is 5.89 Å². The molecule has 2 aromatic heterocycles. The number of aryl methyl sites for hydroxylation is 3. The average molecular weight is 207 g/mol. The minimum absolute atomic E-state index is 0.489. The molecule has 0 saturated heterocycles. The Morgan fingerprint density at radius 3 is 3.07 bits per heavy atom. The molecule has 2 N–H and O–H groups in total. The maximum absolute atomic E-state index is 5.56. The minimum atomic E-state index is 0.489. The van der Waals surface area contributed by atoms with E-state index in [1.165, 1.54) is 0 Å². The molecule has 0 aliphatic heterocycles. The number of hydrogen-bond acceptors (Lipinski definition) is 5. The summed E-state index contributed by atoms with van der Waals surface area (Å²) in [6.45, 7) is 3.05. The Morgan fingerprint density at radius 2 is 2.40 bits per heavy atom. The van der Waals surface area contributed by atoms with Gasteiger partial charge in [-0.1, -0.05) is 5.16 Å². The van der Waals surface area contributed by atoms with Gasteiger partial charge in [0, 0.05) is 25.7 Å². The molecule has 80 valence electrons. The highest BCUT2D eigenvalue weighted by Gasteiger charge is 2.04. The van der Waals surface area contributed by atoms with Crippen LogP contribution in [0.1, 0.15) is 17.4 Å². The quantitative estimate of drug-likeness (QED) is 0.778. The second-order valence-electron chi connectivity index (χ2n) is 3.27. The molecule has 0 amide bonds. The first kappa shape index (κ1) is 9.85. The van der Waals surface area contributed by atoms with Gasteiger partial charge in [-0.3, -0.25) is 0 Å². The zero-order valence-electron chi connectivity index (χ0n) is 8.55. The molecule has 0 fully saturated rings. The molecule has 0 aliphatic rings. The molecule has 0 bridgehead atoms. The number of aromatic nitrogens is 4. The summed E-state index contributed by atoms with van der Waals surface area (Å²) >= 11 is 0. The second kappa shape index (κ2) is 4.22. The van der Waals surface area contributed by atoms with Crippen molar-refractivity contribution in [2.75, 3.05) is 0 Å². The summed E-state index contributed by atoms with van der Waals surface area (Å²) < 4.78 is 7.00. The Balaban J connectivity index is 1.98. The molecule has 0 atom stereocenters. The van der Waals surface area contributed by atoms with Gasteiger partial charge in [0.15, 0.2) is 5.82 Å². The van der Waals surface area contributed by atoms with Crippen LogP contribution in [0.3, 0.4) is 0 Å². The summed E-state index contributed by atoms with van der Waals surface area (Å²) in [6.07, 6.45) is 4.22. The van der Waals surface area contributed by atoms with Crippen molar-refractivity contribution in [3.8, 4) is 0 Å². The van der Waals surface area contributed by atoms with Crippen molar-refractivity contribution >= 4 is 0 Å². The summed E-state index contributed by atoms with van der Waals surface area (Å²) in [7, 11) is 0. The lowest BCUT2D eigenvalue weighted by atomic mass is 10.4. The molecule has 0 aromatic carbocycles. The summed E-state index contributed by atoms with van der Waals surface area (Å²) in [4.78, 5) is 8.15. The van der Waals surface area contributed by atoms with E-state index in [9.17, 15) is 0 Å². The maximum Gasteiger partial charge on any atom is 0.228 e. The average Bonchev–Trinajstić information content (AvgIpc) is 2.83. The van der Waals surface area contributed by atoms with Crippen molar-refractivity contribution in [1.82, 2.24) is 19.7 Å². The van der Waals surface area contributed by atoms with Crippen molar-refractivity contribution in [3.63, 3.8) is 0 Å². The summed E-state index contributed by atoms with van der Waals surface area (Å²) in [5.41, 5.74) is 6.56. The maximum atomic E-state index is 5.56. The largest absolute Gasteiger partial charge is 0.339 e. The molecule has 0 spiro atoms. The Morgan fingerprint density at radius 1 is 1.53 bits per heavy atom. The van der Waals surface area contributed by atoms with E-state index >= 15 is 0 Å². The molecule has 2 heterocycles. The van der Waals surface area contributed by atoms with Gasteiger partial charge in [0.05, 0.1) is 12.0 Å². The predicted molar refractivity (Wildman–Crippen MR) is 52.9 cm³/mol. The molecule has 0 radical (unpaired) electrons. The lowest BCUT2D eigenvalue weighted by Gasteiger charge is -2.03. The van der Waals surface area contributed by atoms with Gasteiger partial charge in [0.25, 0.3) is 0 Å². The molecule has 15 heavy (non-hydrogen) atoms. The van der Waals surface area contributed by atoms with E-state index in [1.807, 2.05) is 4.57 Å². The van der Waals surface area contributed by atoms with Gasteiger partial charge in [-0.15, -0.1) is 0 Å². The van der Waals surface area contributed by atoms with Crippen molar-refractivity contribution in [1.29, 1.82) is 0 Å². The predicted octanol–water partition coefficient (Wildman–Crippen LogP) is 0.276. The number of hydrogen-bond donors (Lipinski definition) is 1. The second-order valence-corrected chi connectivity index (χ2v) is 3.27. The Bertz CT molecular complexity index is 433. The first-order valence-electron chi connectivity index (χ1n) is 4.78. The van der Waals surface area contributed by atoms with Crippen LogP contribution in [0, 0.1) is 6.92 Å². The molecule has 6 heteroatoms. The zero-order valence-corrected chi connectivity index (χ0v) is 8.55. The lowest BCUT2D eigenvalue weighted by molar-refractivity contribution is 0.368. The van der Waals surface area contributed by atoms with Crippen molar-refractivity contribution in [3.05, 3.63) is 29.9 Å². The van der Waals surface area contributed by atoms with E-state index in [2.05, 4.69) is 15.1 Å². The third-order valence-electron chi connectivity index (χ3n) is 2.14. The molecule has 6 nitrogen and oxygen atoms in total. The van der Waals surface area contributed by atoms with E-state index in [4.69, 9.17) is 10.3 Å². The van der Waals surface area contributed by atoms with Crippen molar-refractivity contribution in [2.24, 2.45) is 5.73 Å². The molecule has 0 saturated carbocycles. The summed E-state index contributed by atoms with van der Waals surface area (Å²) in [5.74, 6) is 1.30. The highest BCUT2D eigenvalue weighted by molar-refractivity contribution is 4.97. The van der Waals surface area contributed by atoms with Gasteiger partial charge < -0.3 is 14.8 Å². The van der Waals surface area contributed by atoms with Crippen LogP contribution < -0.4 is 5.73 Å². The van der Waals surface area contributed by atoms with Crippen LogP contribution in [0.5, 0.6) is 0 Å². The van der Waals surface area contributed by atoms with Crippen LogP contribution in [0.4, 0.5) is 0 Å². The van der Waals surface area contributed by atoms with Crippen LogP contribution in [-0.2, 0) is 19.5 Å². The first-order valence-corrected chi connectivity index (χ1v) is 4.78. The number of imidazole rings is 1. The van der Waals surface area contributed by atoms with Gasteiger partial charge in [-0.25, -0.2) is 4.98 Å². The number of nitrogens with zero attached hydrogens (tertiary/aromatic N) is 4. The molecule has 0 aliphatic carbocycles. The highest BCUT2D eigenvalue weighted by atomic mass is 16.5. The minimum Gasteiger partial charge on any atom is -0.339 e. The Labute approximate surface area is 87.1 Å². The number of nitrogens with two attached hydrogens (primary N) is 1. The zero-order chi connectivity index (χ0) is 10.7. The molecule has 2 rings (SSSR count). The Hall–Kier alpha value is -1.69. The lowest BCUT2D eigenvalue weighted by Crippen LogP contribution is -2.08. The van der Waals surface area contributed by atoms with Crippen LogP contribution in [0.2, 0.25) is 0 Å². The molecular formula is C9H13N5O. The third-order valence-corrected chi connectivity index (χ3v) is 2.14. The van der Waals surface area contributed by atoms with E-state index < -0.39 is 0 Å². The van der Waals surface area contributed by atoms with Gasteiger partial charge in [0.1, 0.15) is 0 Å². The van der Waals surface area contributed by atoms with E-state index in [0.29, 0.717) is 24.7 Å². The van der Waals surface area contributed by atoms with Crippen molar-refractivity contribution in [2.45, 2.75) is 26.4 Å². The van der Waals surface area contributed by atoms with Crippen LogP contribution in [0.15, 0.2) is 17.0 Å². The smallest absolute Gasteiger partial charge is 0.228 e. The van der Waals surface area contributed by atoms with Crippen LogP contribution >= 0.6 is 0 Å². The normalized spacial score (nSPS) is 10.8. The van der Waals surface area contributed by atoms with E-state index in [1.54, 1.807) is 19.4 Å². The third kappa shape index (κ3) is 2.21. The fourth-order valence-corrected chi connectivity index (χ4v) is 1.38. The molecular weight excluding hydrogens is 194 g/mol. The Kier molecular flexibility index (Phi) is 2.77.